The molecule has 0 saturated carbocycles. The van der Waals surface area contributed by atoms with Crippen molar-refractivity contribution >= 4 is 21.9 Å². The second-order valence-corrected chi connectivity index (χ2v) is 6.42. The van der Waals surface area contributed by atoms with Crippen molar-refractivity contribution < 1.29 is 0 Å². The van der Waals surface area contributed by atoms with Crippen molar-refractivity contribution in [3.63, 3.8) is 0 Å². The van der Waals surface area contributed by atoms with Crippen LogP contribution in [0.5, 0.6) is 0 Å². The smallest absolute Gasteiger partial charge is 0.107 e. The maximum absolute atomic E-state index is 4.52. The molecule has 0 unspecified atom stereocenters. The molecule has 0 fully saturated rings. The van der Waals surface area contributed by atoms with E-state index in [2.05, 4.69) is 39.7 Å². The van der Waals surface area contributed by atoms with Crippen LogP contribution >= 0.6 is 0 Å². The van der Waals surface area contributed by atoms with Crippen molar-refractivity contribution in [2.75, 3.05) is 0 Å². The molecule has 0 aliphatic heterocycles. The lowest BCUT2D eigenvalue weighted by Gasteiger charge is -2.06. The standard InChI is InChI=1S/C20H27N3/c1-2-3-4-5-6-7-8-11-14-23-16-22-19-15-21-18-13-10-9-12-17(18)20(19)23/h9-10,12-13,15-16H,2-8,11,14H2,1H3. The maximum Gasteiger partial charge on any atom is 0.107 e. The Morgan fingerprint density at radius 3 is 2.39 bits per heavy atom. The van der Waals surface area contributed by atoms with E-state index in [9.17, 15) is 0 Å². The third-order valence-corrected chi connectivity index (χ3v) is 4.60. The fourth-order valence-electron chi connectivity index (χ4n) is 3.29. The van der Waals surface area contributed by atoms with Gasteiger partial charge in [0.25, 0.3) is 0 Å². The quantitative estimate of drug-likeness (QED) is 0.473. The Morgan fingerprint density at radius 1 is 0.826 bits per heavy atom. The van der Waals surface area contributed by atoms with Crippen molar-refractivity contribution in [3.05, 3.63) is 36.8 Å². The molecule has 1 aromatic carbocycles. The predicted octanol–water partition coefficient (Wildman–Crippen LogP) is 5.73. The van der Waals surface area contributed by atoms with Gasteiger partial charge in [0.1, 0.15) is 5.52 Å². The molecule has 3 aromatic rings. The molecule has 3 heteroatoms. The minimum absolute atomic E-state index is 1.00. The van der Waals surface area contributed by atoms with E-state index in [1.807, 2.05) is 18.6 Å². The molecular weight excluding hydrogens is 282 g/mol. The average molecular weight is 309 g/mol. The average Bonchev–Trinajstić information content (AvgIpc) is 3.01. The summed E-state index contributed by atoms with van der Waals surface area (Å²) < 4.78 is 2.30. The number of benzene rings is 1. The summed E-state index contributed by atoms with van der Waals surface area (Å²) in [5, 5.41) is 1.21. The normalized spacial score (nSPS) is 11.5. The fourth-order valence-corrected chi connectivity index (χ4v) is 3.29. The summed E-state index contributed by atoms with van der Waals surface area (Å²) in [5.74, 6) is 0. The van der Waals surface area contributed by atoms with E-state index in [1.54, 1.807) is 0 Å². The molecule has 3 rings (SSSR count). The van der Waals surface area contributed by atoms with E-state index in [0.717, 1.165) is 17.6 Å². The third-order valence-electron chi connectivity index (χ3n) is 4.60. The van der Waals surface area contributed by atoms with Crippen LogP contribution in [0, 0.1) is 0 Å². The number of aryl methyl sites for hydroxylation is 1. The number of imidazole rings is 1. The van der Waals surface area contributed by atoms with E-state index in [1.165, 1.54) is 62.3 Å². The number of hydrogen-bond acceptors (Lipinski definition) is 2. The number of fused-ring (bicyclic) bond motifs is 3. The molecule has 0 aliphatic carbocycles. The summed E-state index contributed by atoms with van der Waals surface area (Å²) >= 11 is 0. The third kappa shape index (κ3) is 3.90. The Hall–Kier alpha value is -1.90. The minimum Gasteiger partial charge on any atom is -0.330 e. The molecule has 0 N–H and O–H groups in total. The van der Waals surface area contributed by atoms with Crippen molar-refractivity contribution in [3.8, 4) is 0 Å². The summed E-state index contributed by atoms with van der Waals surface area (Å²) in [5.41, 5.74) is 3.29. The van der Waals surface area contributed by atoms with Gasteiger partial charge in [0.05, 0.1) is 23.6 Å². The first-order valence-electron chi connectivity index (χ1n) is 9.08. The SMILES string of the molecule is CCCCCCCCCCn1cnc2cnc3ccccc3c21. The number of unbranched alkanes of at least 4 members (excludes halogenated alkanes) is 7. The highest BCUT2D eigenvalue weighted by atomic mass is 15.0. The fraction of sp³-hybridized carbons (Fsp3) is 0.500. The van der Waals surface area contributed by atoms with Crippen LogP contribution in [0.15, 0.2) is 36.8 Å². The Bertz CT molecular complexity index is 745. The number of hydrogen-bond donors (Lipinski definition) is 0. The second-order valence-electron chi connectivity index (χ2n) is 6.42. The monoisotopic (exact) mass is 309 g/mol. The van der Waals surface area contributed by atoms with Crippen LogP contribution in [0.1, 0.15) is 58.3 Å². The Kier molecular flexibility index (Phi) is 5.62. The zero-order valence-corrected chi connectivity index (χ0v) is 14.2. The highest BCUT2D eigenvalue weighted by Crippen LogP contribution is 2.23. The summed E-state index contributed by atoms with van der Waals surface area (Å²) in [6.45, 7) is 3.33. The molecule has 0 saturated heterocycles. The zero-order valence-electron chi connectivity index (χ0n) is 14.2. The minimum atomic E-state index is 1.00. The lowest BCUT2D eigenvalue weighted by molar-refractivity contribution is 0.548. The molecular formula is C20H27N3. The van der Waals surface area contributed by atoms with E-state index in [-0.39, 0.29) is 0 Å². The van der Waals surface area contributed by atoms with Crippen LogP contribution in [0.2, 0.25) is 0 Å². The zero-order chi connectivity index (χ0) is 15.9. The molecule has 122 valence electrons. The molecule has 2 aromatic heterocycles. The van der Waals surface area contributed by atoms with Crippen LogP contribution in [0.3, 0.4) is 0 Å². The number of rotatable bonds is 9. The van der Waals surface area contributed by atoms with Gasteiger partial charge in [0.15, 0.2) is 0 Å². The van der Waals surface area contributed by atoms with Crippen LogP contribution in [-0.4, -0.2) is 14.5 Å². The van der Waals surface area contributed by atoms with Crippen LogP contribution in [-0.2, 0) is 6.54 Å². The van der Waals surface area contributed by atoms with Crippen molar-refractivity contribution in [2.24, 2.45) is 0 Å². The van der Waals surface area contributed by atoms with Gasteiger partial charge in [-0.15, -0.1) is 0 Å². The molecule has 0 atom stereocenters. The van der Waals surface area contributed by atoms with Crippen LogP contribution < -0.4 is 0 Å². The van der Waals surface area contributed by atoms with E-state index in [4.69, 9.17) is 0 Å². The first-order valence-corrected chi connectivity index (χ1v) is 9.08. The predicted molar refractivity (Wildman–Crippen MR) is 97.6 cm³/mol. The lowest BCUT2D eigenvalue weighted by Crippen LogP contribution is -1.97. The lowest BCUT2D eigenvalue weighted by atomic mass is 10.1. The van der Waals surface area contributed by atoms with Gasteiger partial charge in [-0.05, 0) is 12.5 Å². The van der Waals surface area contributed by atoms with E-state index < -0.39 is 0 Å². The highest BCUT2D eigenvalue weighted by molar-refractivity contribution is 6.01. The summed E-state index contributed by atoms with van der Waals surface area (Å²) in [6, 6.07) is 8.34. The van der Waals surface area contributed by atoms with Gasteiger partial charge in [-0.25, -0.2) is 4.98 Å². The van der Waals surface area contributed by atoms with Crippen molar-refractivity contribution in [1.29, 1.82) is 0 Å². The Balaban J connectivity index is 1.57. The molecule has 0 amide bonds. The van der Waals surface area contributed by atoms with Gasteiger partial charge in [-0.1, -0.05) is 70.1 Å². The number of nitrogens with zero attached hydrogens (tertiary/aromatic N) is 3. The van der Waals surface area contributed by atoms with Crippen LogP contribution in [0.25, 0.3) is 21.9 Å². The maximum atomic E-state index is 4.52. The van der Waals surface area contributed by atoms with Crippen LogP contribution in [0.4, 0.5) is 0 Å². The highest BCUT2D eigenvalue weighted by Gasteiger charge is 2.07. The molecule has 2 heterocycles. The Morgan fingerprint density at radius 2 is 1.57 bits per heavy atom. The largest absolute Gasteiger partial charge is 0.330 e. The summed E-state index contributed by atoms with van der Waals surface area (Å²) in [7, 11) is 0. The second kappa shape index (κ2) is 8.09. The number of para-hydroxylation sites is 1. The van der Waals surface area contributed by atoms with Gasteiger partial charge >= 0.3 is 0 Å². The molecule has 0 spiro atoms. The molecule has 0 bridgehead atoms. The molecule has 0 radical (unpaired) electrons. The number of aromatic nitrogens is 3. The van der Waals surface area contributed by atoms with Gasteiger partial charge < -0.3 is 4.57 Å². The van der Waals surface area contributed by atoms with Gasteiger partial charge in [0, 0.05) is 11.9 Å². The van der Waals surface area contributed by atoms with Gasteiger partial charge in [-0.2, -0.15) is 0 Å². The topological polar surface area (TPSA) is 30.7 Å². The van der Waals surface area contributed by atoms with E-state index in [0.29, 0.717) is 0 Å². The van der Waals surface area contributed by atoms with Crippen molar-refractivity contribution in [2.45, 2.75) is 64.8 Å². The van der Waals surface area contributed by atoms with Gasteiger partial charge in [-0.3, -0.25) is 4.98 Å². The molecule has 0 aliphatic rings. The van der Waals surface area contributed by atoms with Crippen molar-refractivity contribution in [1.82, 2.24) is 14.5 Å². The Labute approximate surface area is 138 Å². The first kappa shape index (κ1) is 16.0. The number of pyridine rings is 1. The first-order chi connectivity index (χ1) is 11.4. The molecule has 23 heavy (non-hydrogen) atoms. The summed E-state index contributed by atoms with van der Waals surface area (Å²) in [6.07, 6.45) is 14.7. The molecule has 3 nitrogen and oxygen atoms in total. The van der Waals surface area contributed by atoms with Gasteiger partial charge in [0.2, 0.25) is 0 Å². The summed E-state index contributed by atoms with van der Waals surface area (Å²) in [4.78, 5) is 9.01. The van der Waals surface area contributed by atoms with E-state index >= 15 is 0 Å².